The molecule has 0 fully saturated rings. The van der Waals surface area contributed by atoms with Gasteiger partial charge in [0, 0.05) is 29.1 Å². The van der Waals surface area contributed by atoms with Crippen LogP contribution < -0.4 is 5.32 Å². The summed E-state index contributed by atoms with van der Waals surface area (Å²) in [7, 11) is 1.70. The number of nitrogens with zero attached hydrogens (tertiary/aromatic N) is 2. The monoisotopic (exact) mass is 279 g/mol. The van der Waals surface area contributed by atoms with Gasteiger partial charge in [-0.3, -0.25) is 4.68 Å². The molecule has 2 aromatic rings. The maximum absolute atomic E-state index is 5.04. The lowest BCUT2D eigenvalue weighted by atomic mass is 10.1. The fraction of sp³-hybridized carbons (Fsp3) is 0.500. The number of aromatic nitrogens is 2. The molecule has 0 spiro atoms. The van der Waals surface area contributed by atoms with E-state index in [0.29, 0.717) is 12.6 Å². The molecular weight excluding hydrogens is 258 g/mol. The normalized spacial score (nSPS) is 12.6. The summed E-state index contributed by atoms with van der Waals surface area (Å²) in [5, 5.41) is 7.80. The largest absolute Gasteiger partial charge is 0.383 e. The SMILES string of the molecule is COCCn1cc(NC(C)c2cc(C)sc2C)cn1. The van der Waals surface area contributed by atoms with Crippen LogP contribution in [-0.4, -0.2) is 23.5 Å². The highest BCUT2D eigenvalue weighted by Crippen LogP contribution is 2.28. The topological polar surface area (TPSA) is 39.1 Å². The summed E-state index contributed by atoms with van der Waals surface area (Å²) in [5.41, 5.74) is 2.42. The minimum Gasteiger partial charge on any atom is -0.383 e. The fourth-order valence-electron chi connectivity index (χ4n) is 2.15. The van der Waals surface area contributed by atoms with E-state index in [-0.39, 0.29) is 0 Å². The van der Waals surface area contributed by atoms with Gasteiger partial charge in [0.05, 0.1) is 25.0 Å². The van der Waals surface area contributed by atoms with Crippen LogP contribution in [0.4, 0.5) is 5.69 Å². The van der Waals surface area contributed by atoms with Crippen molar-refractivity contribution >= 4 is 17.0 Å². The second kappa shape index (κ2) is 6.21. The van der Waals surface area contributed by atoms with E-state index in [0.717, 1.165) is 12.2 Å². The van der Waals surface area contributed by atoms with Crippen molar-refractivity contribution in [2.24, 2.45) is 0 Å². The molecule has 0 saturated heterocycles. The molecule has 2 aromatic heterocycles. The molecule has 0 aliphatic rings. The van der Waals surface area contributed by atoms with Crippen LogP contribution in [0, 0.1) is 13.8 Å². The van der Waals surface area contributed by atoms with Crippen LogP contribution in [0.15, 0.2) is 18.5 Å². The van der Waals surface area contributed by atoms with Crippen LogP contribution in [0.5, 0.6) is 0 Å². The molecule has 0 aromatic carbocycles. The average Bonchev–Trinajstić information content (AvgIpc) is 2.93. The third-order valence-corrected chi connectivity index (χ3v) is 4.07. The minimum atomic E-state index is 0.296. The molecule has 2 heterocycles. The summed E-state index contributed by atoms with van der Waals surface area (Å²) in [6.45, 7) is 7.97. The zero-order chi connectivity index (χ0) is 13.8. The number of aryl methyl sites for hydroxylation is 2. The van der Waals surface area contributed by atoms with Crippen molar-refractivity contribution in [1.29, 1.82) is 0 Å². The number of nitrogens with one attached hydrogen (secondary N) is 1. The molecule has 104 valence electrons. The van der Waals surface area contributed by atoms with Crippen LogP contribution in [0.1, 0.15) is 28.3 Å². The first-order valence-corrected chi connectivity index (χ1v) is 7.26. The number of anilines is 1. The molecule has 1 atom stereocenters. The van der Waals surface area contributed by atoms with E-state index in [2.05, 4.69) is 37.3 Å². The summed E-state index contributed by atoms with van der Waals surface area (Å²) < 4.78 is 6.94. The second-order valence-electron chi connectivity index (χ2n) is 4.72. The average molecular weight is 279 g/mol. The highest BCUT2D eigenvalue weighted by Gasteiger charge is 2.11. The standard InChI is InChI=1S/C14H21N3OS/c1-10-7-14(12(3)19-10)11(2)16-13-8-15-17(9-13)5-6-18-4/h7-9,11,16H,5-6H2,1-4H3. The van der Waals surface area contributed by atoms with Gasteiger partial charge < -0.3 is 10.1 Å². The molecule has 4 nitrogen and oxygen atoms in total. The van der Waals surface area contributed by atoms with Crippen molar-refractivity contribution in [3.05, 3.63) is 33.8 Å². The quantitative estimate of drug-likeness (QED) is 0.881. The molecular formula is C14H21N3OS. The number of hydrogen-bond donors (Lipinski definition) is 1. The number of hydrogen-bond acceptors (Lipinski definition) is 4. The Morgan fingerprint density at radius 1 is 1.47 bits per heavy atom. The predicted octanol–water partition coefficient (Wildman–Crippen LogP) is 3.38. The minimum absolute atomic E-state index is 0.296. The van der Waals surface area contributed by atoms with Gasteiger partial charge in [0.15, 0.2) is 0 Å². The van der Waals surface area contributed by atoms with Gasteiger partial charge in [0.2, 0.25) is 0 Å². The van der Waals surface area contributed by atoms with Crippen molar-refractivity contribution in [2.75, 3.05) is 19.0 Å². The van der Waals surface area contributed by atoms with E-state index in [4.69, 9.17) is 4.74 Å². The summed E-state index contributed by atoms with van der Waals surface area (Å²) in [4.78, 5) is 2.74. The first-order chi connectivity index (χ1) is 9.10. The molecule has 0 aliphatic carbocycles. The molecule has 0 bridgehead atoms. The van der Waals surface area contributed by atoms with Crippen molar-refractivity contribution in [3.8, 4) is 0 Å². The van der Waals surface area contributed by atoms with Gasteiger partial charge in [-0.2, -0.15) is 5.10 Å². The third kappa shape index (κ3) is 3.58. The lowest BCUT2D eigenvalue weighted by molar-refractivity contribution is 0.183. The Morgan fingerprint density at radius 2 is 2.26 bits per heavy atom. The van der Waals surface area contributed by atoms with E-state index >= 15 is 0 Å². The summed E-state index contributed by atoms with van der Waals surface area (Å²) in [5.74, 6) is 0. The van der Waals surface area contributed by atoms with E-state index in [1.54, 1.807) is 7.11 Å². The molecule has 0 aliphatic heterocycles. The maximum Gasteiger partial charge on any atom is 0.0731 e. The van der Waals surface area contributed by atoms with Gasteiger partial charge >= 0.3 is 0 Å². The molecule has 0 saturated carbocycles. The molecule has 19 heavy (non-hydrogen) atoms. The Hall–Kier alpha value is -1.33. The first kappa shape index (κ1) is 14.1. The van der Waals surface area contributed by atoms with E-state index in [1.807, 2.05) is 28.4 Å². The fourth-order valence-corrected chi connectivity index (χ4v) is 3.18. The zero-order valence-electron chi connectivity index (χ0n) is 11.9. The predicted molar refractivity (Wildman–Crippen MR) is 79.9 cm³/mol. The third-order valence-electron chi connectivity index (χ3n) is 3.09. The number of rotatable bonds is 6. The lowest BCUT2D eigenvalue weighted by Crippen LogP contribution is -2.06. The molecule has 1 N–H and O–H groups in total. The number of thiophene rings is 1. The Balaban J connectivity index is 2.00. The maximum atomic E-state index is 5.04. The zero-order valence-corrected chi connectivity index (χ0v) is 12.8. The highest BCUT2D eigenvalue weighted by atomic mass is 32.1. The lowest BCUT2D eigenvalue weighted by Gasteiger charge is -2.13. The van der Waals surface area contributed by atoms with Crippen LogP contribution in [0.3, 0.4) is 0 Å². The second-order valence-corrected chi connectivity index (χ2v) is 6.18. The molecule has 0 radical (unpaired) electrons. The summed E-state index contributed by atoms with van der Waals surface area (Å²) >= 11 is 1.85. The van der Waals surface area contributed by atoms with Crippen LogP contribution in [0.25, 0.3) is 0 Å². The van der Waals surface area contributed by atoms with Crippen molar-refractivity contribution < 1.29 is 4.74 Å². The smallest absolute Gasteiger partial charge is 0.0731 e. The van der Waals surface area contributed by atoms with E-state index in [1.165, 1.54) is 15.3 Å². The Bertz CT molecular complexity index is 533. The Labute approximate surface area is 118 Å². The Kier molecular flexibility index (Phi) is 4.61. The Morgan fingerprint density at radius 3 is 2.89 bits per heavy atom. The summed E-state index contributed by atoms with van der Waals surface area (Å²) in [6, 6.07) is 2.55. The van der Waals surface area contributed by atoms with Crippen LogP contribution in [0.2, 0.25) is 0 Å². The van der Waals surface area contributed by atoms with Gasteiger partial charge in [0.1, 0.15) is 0 Å². The van der Waals surface area contributed by atoms with Crippen molar-refractivity contribution in [2.45, 2.75) is 33.4 Å². The van der Waals surface area contributed by atoms with Gasteiger partial charge in [-0.1, -0.05) is 0 Å². The van der Waals surface area contributed by atoms with Gasteiger partial charge in [0.25, 0.3) is 0 Å². The van der Waals surface area contributed by atoms with Crippen molar-refractivity contribution in [3.63, 3.8) is 0 Å². The van der Waals surface area contributed by atoms with Crippen LogP contribution >= 0.6 is 11.3 Å². The van der Waals surface area contributed by atoms with Crippen LogP contribution in [-0.2, 0) is 11.3 Å². The molecule has 2 rings (SSSR count). The van der Waals surface area contributed by atoms with Crippen molar-refractivity contribution in [1.82, 2.24) is 9.78 Å². The van der Waals surface area contributed by atoms with E-state index in [9.17, 15) is 0 Å². The summed E-state index contributed by atoms with van der Waals surface area (Å²) in [6.07, 6.45) is 3.88. The molecule has 5 heteroatoms. The molecule has 1 unspecified atom stereocenters. The first-order valence-electron chi connectivity index (χ1n) is 6.45. The number of ether oxygens (including phenoxy) is 1. The van der Waals surface area contributed by atoms with Gasteiger partial charge in [-0.25, -0.2) is 0 Å². The van der Waals surface area contributed by atoms with Gasteiger partial charge in [-0.05, 0) is 32.4 Å². The number of methoxy groups -OCH3 is 1. The van der Waals surface area contributed by atoms with E-state index < -0.39 is 0 Å². The molecule has 0 amide bonds. The highest BCUT2D eigenvalue weighted by molar-refractivity contribution is 7.12. The van der Waals surface area contributed by atoms with Gasteiger partial charge in [-0.15, -0.1) is 11.3 Å².